The molecule has 1 saturated carbocycles. The molecule has 2 atom stereocenters. The van der Waals surface area contributed by atoms with Gasteiger partial charge in [-0.2, -0.15) is 0 Å². The molecule has 1 aliphatic carbocycles. The number of nitrogens with zero attached hydrogens (tertiary/aromatic N) is 1. The second kappa shape index (κ2) is 5.46. The summed E-state index contributed by atoms with van der Waals surface area (Å²) in [6.07, 6.45) is 1.83. The van der Waals surface area contributed by atoms with Gasteiger partial charge in [-0.3, -0.25) is 10.1 Å². The first-order valence-corrected chi connectivity index (χ1v) is 6.24. The van der Waals surface area contributed by atoms with Crippen molar-refractivity contribution >= 4 is 5.69 Å². The highest BCUT2D eigenvalue weighted by molar-refractivity contribution is 5.41. The van der Waals surface area contributed by atoms with E-state index < -0.39 is 0 Å². The first-order valence-electron chi connectivity index (χ1n) is 6.24. The highest BCUT2D eigenvalue weighted by atomic mass is 16.6. The highest BCUT2D eigenvalue weighted by Gasteiger charge is 2.30. The van der Waals surface area contributed by atoms with Crippen molar-refractivity contribution in [3.05, 3.63) is 39.9 Å². The third kappa shape index (κ3) is 3.05. The number of rotatable bonds is 6. The van der Waals surface area contributed by atoms with E-state index in [1.54, 1.807) is 18.2 Å². The molecule has 5 heteroatoms. The molecule has 2 N–H and O–H groups in total. The fraction of sp³-hybridized carbons (Fsp3) is 0.538. The lowest BCUT2D eigenvalue weighted by Crippen LogP contribution is -2.30. The van der Waals surface area contributed by atoms with E-state index in [-0.39, 0.29) is 22.8 Å². The quantitative estimate of drug-likeness (QED) is 0.598. The standard InChI is InChI=1S/C13H18N2O3/c1-9(14-8-13(16)10-6-7-10)11-4-2-3-5-12(11)15(17)18/h2-5,9-10,13-14,16H,6-8H2,1H3. The summed E-state index contributed by atoms with van der Waals surface area (Å²) in [4.78, 5) is 10.5. The van der Waals surface area contributed by atoms with Crippen molar-refractivity contribution in [2.24, 2.45) is 5.92 Å². The van der Waals surface area contributed by atoms with Crippen LogP contribution in [0.4, 0.5) is 5.69 Å². The minimum absolute atomic E-state index is 0.124. The van der Waals surface area contributed by atoms with Crippen molar-refractivity contribution in [1.29, 1.82) is 0 Å². The molecule has 2 rings (SSSR count). The summed E-state index contributed by atoms with van der Waals surface area (Å²) in [5.74, 6) is 0.412. The van der Waals surface area contributed by atoms with Gasteiger partial charge < -0.3 is 10.4 Å². The first-order chi connectivity index (χ1) is 8.59. The Kier molecular flexibility index (Phi) is 3.93. The van der Waals surface area contributed by atoms with E-state index in [9.17, 15) is 15.2 Å². The number of nitro groups is 1. The van der Waals surface area contributed by atoms with Crippen LogP contribution >= 0.6 is 0 Å². The van der Waals surface area contributed by atoms with Crippen molar-refractivity contribution in [2.75, 3.05) is 6.54 Å². The Bertz CT molecular complexity index is 432. The average Bonchev–Trinajstić information content (AvgIpc) is 3.19. The van der Waals surface area contributed by atoms with E-state index in [0.29, 0.717) is 18.0 Å². The molecule has 18 heavy (non-hydrogen) atoms. The zero-order chi connectivity index (χ0) is 13.1. The molecular weight excluding hydrogens is 232 g/mol. The van der Waals surface area contributed by atoms with Crippen molar-refractivity contribution in [3.8, 4) is 0 Å². The Morgan fingerprint density at radius 1 is 1.50 bits per heavy atom. The van der Waals surface area contributed by atoms with Gasteiger partial charge in [0.25, 0.3) is 5.69 Å². The summed E-state index contributed by atoms with van der Waals surface area (Å²) in [5.41, 5.74) is 0.781. The van der Waals surface area contributed by atoms with Gasteiger partial charge in [0.1, 0.15) is 0 Å². The molecule has 0 amide bonds. The van der Waals surface area contributed by atoms with Crippen molar-refractivity contribution < 1.29 is 10.0 Å². The molecule has 98 valence electrons. The topological polar surface area (TPSA) is 75.4 Å². The maximum Gasteiger partial charge on any atom is 0.274 e. The van der Waals surface area contributed by atoms with Gasteiger partial charge in [0, 0.05) is 24.2 Å². The number of hydrogen-bond donors (Lipinski definition) is 2. The van der Waals surface area contributed by atoms with Gasteiger partial charge in [0.15, 0.2) is 0 Å². The molecule has 5 nitrogen and oxygen atoms in total. The van der Waals surface area contributed by atoms with Crippen LogP contribution in [0.25, 0.3) is 0 Å². The third-order valence-corrected chi connectivity index (χ3v) is 3.40. The van der Waals surface area contributed by atoms with Gasteiger partial charge in [0.05, 0.1) is 11.0 Å². The van der Waals surface area contributed by atoms with E-state index in [1.807, 2.05) is 6.92 Å². The van der Waals surface area contributed by atoms with Crippen LogP contribution in [0.3, 0.4) is 0 Å². The second-order valence-corrected chi connectivity index (χ2v) is 4.85. The fourth-order valence-electron chi connectivity index (χ4n) is 2.08. The van der Waals surface area contributed by atoms with Crippen LogP contribution in [-0.4, -0.2) is 22.7 Å². The molecule has 0 bridgehead atoms. The number of nitro benzene ring substituents is 1. The van der Waals surface area contributed by atoms with Gasteiger partial charge in [-0.25, -0.2) is 0 Å². The molecule has 1 aliphatic rings. The predicted molar refractivity (Wildman–Crippen MR) is 68.2 cm³/mol. The van der Waals surface area contributed by atoms with Gasteiger partial charge in [-0.15, -0.1) is 0 Å². The van der Waals surface area contributed by atoms with E-state index in [1.165, 1.54) is 6.07 Å². The van der Waals surface area contributed by atoms with Crippen molar-refractivity contribution in [3.63, 3.8) is 0 Å². The minimum atomic E-state index is -0.370. The van der Waals surface area contributed by atoms with E-state index in [2.05, 4.69) is 5.32 Å². The summed E-state index contributed by atoms with van der Waals surface area (Å²) in [7, 11) is 0. The van der Waals surface area contributed by atoms with Crippen LogP contribution in [0, 0.1) is 16.0 Å². The van der Waals surface area contributed by atoms with Gasteiger partial charge >= 0.3 is 0 Å². The first kappa shape index (κ1) is 13.0. The van der Waals surface area contributed by atoms with Crippen molar-refractivity contribution in [2.45, 2.75) is 31.9 Å². The summed E-state index contributed by atoms with van der Waals surface area (Å²) in [6, 6.07) is 6.56. The normalized spacial score (nSPS) is 18.3. The van der Waals surface area contributed by atoms with Crippen LogP contribution in [0.15, 0.2) is 24.3 Å². The molecule has 0 aliphatic heterocycles. The Labute approximate surface area is 106 Å². The highest BCUT2D eigenvalue weighted by Crippen LogP contribution is 2.32. The molecular formula is C13H18N2O3. The van der Waals surface area contributed by atoms with Crippen molar-refractivity contribution in [1.82, 2.24) is 5.32 Å². The fourth-order valence-corrected chi connectivity index (χ4v) is 2.08. The third-order valence-electron chi connectivity index (χ3n) is 3.40. The van der Waals surface area contributed by atoms with Gasteiger partial charge in [-0.05, 0) is 25.7 Å². The molecule has 2 unspecified atom stereocenters. The average molecular weight is 250 g/mol. The summed E-state index contributed by atoms with van der Waals surface area (Å²) < 4.78 is 0. The van der Waals surface area contributed by atoms with Crippen LogP contribution in [0.1, 0.15) is 31.4 Å². The second-order valence-electron chi connectivity index (χ2n) is 4.85. The molecule has 0 saturated heterocycles. The van der Waals surface area contributed by atoms with E-state index >= 15 is 0 Å². The van der Waals surface area contributed by atoms with Crippen LogP contribution in [-0.2, 0) is 0 Å². The lowest BCUT2D eigenvalue weighted by atomic mass is 10.1. The molecule has 1 fully saturated rings. The number of benzene rings is 1. The zero-order valence-corrected chi connectivity index (χ0v) is 10.4. The number of aliphatic hydroxyl groups excluding tert-OH is 1. The summed E-state index contributed by atoms with van der Waals surface area (Å²) >= 11 is 0. The molecule has 0 radical (unpaired) electrons. The smallest absolute Gasteiger partial charge is 0.274 e. The lowest BCUT2D eigenvalue weighted by molar-refractivity contribution is -0.385. The van der Waals surface area contributed by atoms with Crippen LogP contribution in [0.2, 0.25) is 0 Å². The van der Waals surface area contributed by atoms with E-state index in [4.69, 9.17) is 0 Å². The Morgan fingerprint density at radius 3 is 2.78 bits per heavy atom. The van der Waals surface area contributed by atoms with Gasteiger partial charge in [-0.1, -0.05) is 18.2 Å². The minimum Gasteiger partial charge on any atom is -0.392 e. The molecule has 1 aromatic carbocycles. The molecule has 0 aromatic heterocycles. The lowest BCUT2D eigenvalue weighted by Gasteiger charge is -2.17. The Hall–Kier alpha value is -1.46. The summed E-state index contributed by atoms with van der Waals surface area (Å²) in [6.45, 7) is 2.36. The maximum absolute atomic E-state index is 10.9. The van der Waals surface area contributed by atoms with E-state index in [0.717, 1.165) is 12.8 Å². The SMILES string of the molecule is CC(NCC(O)C1CC1)c1ccccc1[N+](=O)[O-]. The molecule has 1 aromatic rings. The Morgan fingerprint density at radius 2 is 2.17 bits per heavy atom. The number of hydrogen-bond acceptors (Lipinski definition) is 4. The molecule has 0 heterocycles. The largest absolute Gasteiger partial charge is 0.392 e. The van der Waals surface area contributed by atoms with Gasteiger partial charge in [0.2, 0.25) is 0 Å². The number of para-hydroxylation sites is 1. The molecule has 0 spiro atoms. The number of aliphatic hydroxyl groups is 1. The van der Waals surface area contributed by atoms with Crippen LogP contribution < -0.4 is 5.32 Å². The maximum atomic E-state index is 10.9. The number of nitrogens with one attached hydrogen (secondary N) is 1. The Balaban J connectivity index is 1.99. The zero-order valence-electron chi connectivity index (χ0n) is 10.4. The predicted octanol–water partition coefficient (Wildman–Crippen LogP) is 2.02. The monoisotopic (exact) mass is 250 g/mol. The van der Waals surface area contributed by atoms with Crippen LogP contribution in [0.5, 0.6) is 0 Å². The summed E-state index contributed by atoms with van der Waals surface area (Å²) in [5, 5.41) is 23.8.